The van der Waals surface area contributed by atoms with Crippen molar-refractivity contribution < 1.29 is 9.53 Å². The number of amides is 1. The van der Waals surface area contributed by atoms with Crippen molar-refractivity contribution in [2.24, 2.45) is 11.1 Å². The fourth-order valence-corrected chi connectivity index (χ4v) is 3.00. The minimum Gasteiger partial charge on any atom is -0.379 e. The minimum absolute atomic E-state index is 0.150. The predicted octanol–water partition coefficient (Wildman–Crippen LogP) is 1.85. The summed E-state index contributed by atoms with van der Waals surface area (Å²) in [5, 5.41) is 0. The third-order valence-corrected chi connectivity index (χ3v) is 4.69. The Morgan fingerprint density at radius 1 is 1.48 bits per heavy atom. The third kappa shape index (κ3) is 2.83. The Morgan fingerprint density at radius 3 is 2.81 bits per heavy atom. The van der Waals surface area contributed by atoms with Crippen LogP contribution in [0.5, 0.6) is 0 Å². The molecule has 2 unspecified atom stereocenters. The number of rotatable bonds is 4. The first-order valence-electron chi connectivity index (χ1n) is 7.70. The van der Waals surface area contributed by atoms with Crippen LogP contribution < -0.4 is 5.73 Å². The molecule has 114 valence electrons. The van der Waals surface area contributed by atoms with Crippen molar-refractivity contribution in [3.8, 4) is 0 Å². The molecule has 2 N–H and O–H groups in total. The monoisotopic (exact) mass is 288 g/mol. The zero-order chi connectivity index (χ0) is 15.0. The number of ether oxygens (including phenoxy) is 1. The van der Waals surface area contributed by atoms with Crippen LogP contribution in [-0.4, -0.2) is 36.1 Å². The maximum atomic E-state index is 13.0. The lowest BCUT2D eigenvalue weighted by Crippen LogP contribution is -2.51. The second kappa shape index (κ2) is 5.43. The summed E-state index contributed by atoms with van der Waals surface area (Å²) in [4.78, 5) is 15.0. The molecule has 21 heavy (non-hydrogen) atoms. The number of nitrogens with zero attached hydrogens (tertiary/aromatic N) is 1. The molecule has 4 nitrogen and oxygen atoms in total. The van der Waals surface area contributed by atoms with Crippen LogP contribution in [0.15, 0.2) is 24.3 Å². The summed E-state index contributed by atoms with van der Waals surface area (Å²) in [7, 11) is 0. The summed E-state index contributed by atoms with van der Waals surface area (Å²) in [5.41, 5.74) is 7.95. The highest BCUT2D eigenvalue weighted by Crippen LogP contribution is 2.36. The van der Waals surface area contributed by atoms with Crippen LogP contribution in [0.3, 0.4) is 0 Å². The Morgan fingerprint density at radius 2 is 2.24 bits per heavy atom. The fourth-order valence-electron chi connectivity index (χ4n) is 3.00. The highest BCUT2D eigenvalue weighted by atomic mass is 16.5. The molecule has 1 aromatic rings. The largest absolute Gasteiger partial charge is 0.379 e. The van der Waals surface area contributed by atoms with Crippen LogP contribution >= 0.6 is 0 Å². The average Bonchev–Trinajstić information content (AvgIpc) is 3.23. The lowest BCUT2D eigenvalue weighted by atomic mass is 9.84. The Balaban J connectivity index is 1.80. The van der Waals surface area contributed by atoms with E-state index in [4.69, 9.17) is 10.5 Å². The predicted molar refractivity (Wildman–Crippen MR) is 81.7 cm³/mol. The normalized spacial score (nSPS) is 28.6. The van der Waals surface area contributed by atoms with Crippen molar-refractivity contribution >= 4 is 5.91 Å². The molecule has 1 aliphatic carbocycles. The van der Waals surface area contributed by atoms with Gasteiger partial charge < -0.3 is 15.4 Å². The van der Waals surface area contributed by atoms with Crippen molar-refractivity contribution in [2.75, 3.05) is 13.2 Å². The van der Waals surface area contributed by atoms with Crippen LogP contribution in [0.4, 0.5) is 0 Å². The number of hydrogen-bond acceptors (Lipinski definition) is 3. The molecule has 1 amide bonds. The molecule has 2 atom stereocenters. The molecular weight excluding hydrogens is 264 g/mol. The van der Waals surface area contributed by atoms with Gasteiger partial charge in [-0.3, -0.25) is 4.79 Å². The Bertz CT molecular complexity index is 541. The molecule has 2 aliphatic rings. The van der Waals surface area contributed by atoms with Crippen LogP contribution in [0.1, 0.15) is 30.9 Å². The summed E-state index contributed by atoms with van der Waals surface area (Å²) >= 11 is 0. The number of benzene rings is 1. The molecule has 1 saturated carbocycles. The topological polar surface area (TPSA) is 55.6 Å². The van der Waals surface area contributed by atoms with Crippen molar-refractivity contribution in [1.82, 2.24) is 4.90 Å². The van der Waals surface area contributed by atoms with Gasteiger partial charge in [-0.1, -0.05) is 29.8 Å². The summed E-state index contributed by atoms with van der Waals surface area (Å²) in [5.74, 6) is 0.150. The number of nitrogens with two attached hydrogens (primary N) is 1. The van der Waals surface area contributed by atoms with E-state index in [0.717, 1.165) is 12.8 Å². The van der Waals surface area contributed by atoms with Gasteiger partial charge in [-0.05, 0) is 32.3 Å². The van der Waals surface area contributed by atoms with Gasteiger partial charge in [-0.2, -0.15) is 0 Å². The van der Waals surface area contributed by atoms with Crippen molar-refractivity contribution in [2.45, 2.75) is 45.3 Å². The van der Waals surface area contributed by atoms with Crippen molar-refractivity contribution in [3.05, 3.63) is 35.4 Å². The van der Waals surface area contributed by atoms with Gasteiger partial charge in [0.25, 0.3) is 0 Å². The van der Waals surface area contributed by atoms with Gasteiger partial charge in [0.1, 0.15) is 0 Å². The fraction of sp³-hybridized carbons (Fsp3) is 0.588. The molecule has 4 heteroatoms. The minimum atomic E-state index is -0.577. The summed E-state index contributed by atoms with van der Waals surface area (Å²) in [6.45, 7) is 5.61. The SMILES string of the molecule is Cc1cccc(CN(C(=O)C2(C)COCC2N)C2CC2)c1. The van der Waals surface area contributed by atoms with Crippen LogP contribution in [-0.2, 0) is 16.1 Å². The third-order valence-electron chi connectivity index (χ3n) is 4.69. The maximum Gasteiger partial charge on any atom is 0.233 e. The number of hydrogen-bond donors (Lipinski definition) is 1. The second-order valence-corrected chi connectivity index (χ2v) is 6.69. The number of carbonyl (C=O) groups excluding carboxylic acids is 1. The average molecular weight is 288 g/mol. The molecule has 0 radical (unpaired) electrons. The number of aryl methyl sites for hydroxylation is 1. The second-order valence-electron chi connectivity index (χ2n) is 6.69. The first-order valence-corrected chi connectivity index (χ1v) is 7.70. The quantitative estimate of drug-likeness (QED) is 0.920. The van der Waals surface area contributed by atoms with Gasteiger partial charge in [-0.15, -0.1) is 0 Å². The molecule has 0 bridgehead atoms. The van der Waals surface area contributed by atoms with Gasteiger partial charge in [0, 0.05) is 18.6 Å². The van der Waals surface area contributed by atoms with E-state index in [-0.39, 0.29) is 11.9 Å². The molecule has 2 fully saturated rings. The Kier molecular flexibility index (Phi) is 3.76. The summed E-state index contributed by atoms with van der Waals surface area (Å²) in [6.07, 6.45) is 2.20. The molecule has 3 rings (SSSR count). The molecule has 1 aliphatic heterocycles. The van der Waals surface area contributed by atoms with Crippen molar-refractivity contribution in [3.63, 3.8) is 0 Å². The van der Waals surface area contributed by atoms with Crippen LogP contribution in [0.25, 0.3) is 0 Å². The molecule has 0 spiro atoms. The summed E-state index contributed by atoms with van der Waals surface area (Å²) in [6, 6.07) is 8.53. The standard InChI is InChI=1S/C17H24N2O2/c1-12-4-3-5-13(8-12)9-19(14-6-7-14)16(20)17(2)11-21-10-15(17)18/h3-5,8,14-15H,6-7,9-11,18H2,1-2H3. The van der Waals surface area contributed by atoms with Gasteiger partial charge in [0.05, 0.1) is 18.6 Å². The van der Waals surface area contributed by atoms with E-state index in [1.165, 1.54) is 11.1 Å². The van der Waals surface area contributed by atoms with E-state index >= 15 is 0 Å². The van der Waals surface area contributed by atoms with Crippen LogP contribution in [0, 0.1) is 12.3 Å². The molecule has 0 aromatic heterocycles. The highest BCUT2D eigenvalue weighted by molar-refractivity contribution is 5.84. The van der Waals surface area contributed by atoms with E-state index < -0.39 is 5.41 Å². The van der Waals surface area contributed by atoms with Gasteiger partial charge in [0.15, 0.2) is 0 Å². The van der Waals surface area contributed by atoms with E-state index in [9.17, 15) is 4.79 Å². The zero-order valence-electron chi connectivity index (χ0n) is 12.8. The first kappa shape index (κ1) is 14.5. The van der Waals surface area contributed by atoms with Gasteiger partial charge in [-0.25, -0.2) is 0 Å². The highest BCUT2D eigenvalue weighted by Gasteiger charge is 2.49. The number of carbonyl (C=O) groups is 1. The molecule has 1 saturated heterocycles. The van der Waals surface area contributed by atoms with Crippen molar-refractivity contribution in [1.29, 1.82) is 0 Å². The maximum absolute atomic E-state index is 13.0. The van der Waals surface area contributed by atoms with Gasteiger partial charge >= 0.3 is 0 Å². The molecular formula is C17H24N2O2. The Hall–Kier alpha value is -1.39. The lowest BCUT2D eigenvalue weighted by Gasteiger charge is -2.33. The van der Waals surface area contributed by atoms with E-state index in [1.807, 2.05) is 17.9 Å². The van der Waals surface area contributed by atoms with E-state index in [1.54, 1.807) is 0 Å². The van der Waals surface area contributed by atoms with Gasteiger partial charge in [0.2, 0.25) is 5.91 Å². The van der Waals surface area contributed by atoms with E-state index in [0.29, 0.717) is 25.8 Å². The molecule has 1 heterocycles. The zero-order valence-corrected chi connectivity index (χ0v) is 12.8. The first-order chi connectivity index (χ1) is 10.0. The lowest BCUT2D eigenvalue weighted by molar-refractivity contribution is -0.143. The van der Waals surface area contributed by atoms with E-state index in [2.05, 4.69) is 25.1 Å². The smallest absolute Gasteiger partial charge is 0.233 e. The Labute approximate surface area is 126 Å². The molecule has 1 aromatic carbocycles. The summed E-state index contributed by atoms with van der Waals surface area (Å²) < 4.78 is 5.44. The van der Waals surface area contributed by atoms with Crippen LogP contribution in [0.2, 0.25) is 0 Å².